The summed E-state index contributed by atoms with van der Waals surface area (Å²) in [5.74, 6) is 1.03. The fraction of sp³-hybridized carbons (Fsp3) is 0.286. The molecule has 0 saturated carbocycles. The van der Waals surface area contributed by atoms with Gasteiger partial charge in [-0.1, -0.05) is 24.3 Å². The van der Waals surface area contributed by atoms with Crippen LogP contribution in [0, 0.1) is 0 Å². The number of rotatable bonds is 7. The Labute approximate surface area is 163 Å². The summed E-state index contributed by atoms with van der Waals surface area (Å²) in [7, 11) is 1.59. The first-order chi connectivity index (χ1) is 13.5. The molecular weight excluding hydrogens is 356 g/mol. The van der Waals surface area contributed by atoms with Gasteiger partial charge in [0.1, 0.15) is 11.6 Å². The number of aromatic amines is 1. The number of hydrogen-bond acceptors (Lipinski definition) is 4. The summed E-state index contributed by atoms with van der Waals surface area (Å²) in [5, 5.41) is 5.78. The molecule has 28 heavy (non-hydrogen) atoms. The Bertz CT molecular complexity index is 932. The standard InChI is InChI=1S/C21H24N4O3/c1-13(21-24-17-6-4-5-7-18(17)25-21)22-20(27)12-19(23-14(2)26)15-8-10-16(28-3)11-9-15/h4-11,13,19H,12H2,1-3H3,(H,22,27)(H,23,26)(H,24,25)/t13-,19+/m1/s1. The van der Waals surface area contributed by atoms with Gasteiger partial charge < -0.3 is 20.4 Å². The zero-order valence-corrected chi connectivity index (χ0v) is 16.2. The Morgan fingerprint density at radius 2 is 1.82 bits per heavy atom. The molecule has 1 heterocycles. The van der Waals surface area contributed by atoms with Crippen LogP contribution in [-0.4, -0.2) is 28.9 Å². The second kappa shape index (κ2) is 8.56. The minimum absolute atomic E-state index is 0.122. The molecule has 2 atom stereocenters. The lowest BCUT2D eigenvalue weighted by Gasteiger charge is -2.20. The third-order valence-electron chi connectivity index (χ3n) is 4.48. The molecule has 2 aromatic carbocycles. The molecule has 3 rings (SSSR count). The topological polar surface area (TPSA) is 96.1 Å². The van der Waals surface area contributed by atoms with E-state index in [0.717, 1.165) is 16.6 Å². The first kappa shape index (κ1) is 19.4. The lowest BCUT2D eigenvalue weighted by Crippen LogP contribution is -2.34. The highest BCUT2D eigenvalue weighted by molar-refractivity contribution is 5.80. The molecular formula is C21H24N4O3. The summed E-state index contributed by atoms with van der Waals surface area (Å²) in [5.41, 5.74) is 2.61. The number of aromatic nitrogens is 2. The molecule has 0 aliphatic carbocycles. The molecule has 3 N–H and O–H groups in total. The van der Waals surface area contributed by atoms with Gasteiger partial charge in [0, 0.05) is 6.92 Å². The molecule has 0 saturated heterocycles. The van der Waals surface area contributed by atoms with Crippen molar-refractivity contribution in [1.82, 2.24) is 20.6 Å². The number of nitrogens with one attached hydrogen (secondary N) is 3. The van der Waals surface area contributed by atoms with Gasteiger partial charge in [0.25, 0.3) is 0 Å². The van der Waals surface area contributed by atoms with Crippen LogP contribution in [0.4, 0.5) is 0 Å². The summed E-state index contributed by atoms with van der Waals surface area (Å²) in [6.07, 6.45) is 0.122. The molecule has 3 aromatic rings. The van der Waals surface area contributed by atoms with Gasteiger partial charge in [-0.05, 0) is 36.8 Å². The smallest absolute Gasteiger partial charge is 0.222 e. The average Bonchev–Trinajstić information content (AvgIpc) is 3.11. The van der Waals surface area contributed by atoms with Crippen LogP contribution in [-0.2, 0) is 9.59 Å². The summed E-state index contributed by atoms with van der Waals surface area (Å²) in [4.78, 5) is 31.9. The average molecular weight is 380 g/mol. The fourth-order valence-electron chi connectivity index (χ4n) is 3.07. The molecule has 0 aliphatic rings. The van der Waals surface area contributed by atoms with Crippen molar-refractivity contribution >= 4 is 22.8 Å². The van der Waals surface area contributed by atoms with Crippen LogP contribution in [0.1, 0.15) is 43.7 Å². The second-order valence-corrected chi connectivity index (χ2v) is 6.66. The number of H-pyrrole nitrogens is 1. The number of methoxy groups -OCH3 is 1. The minimum atomic E-state index is -0.425. The van der Waals surface area contributed by atoms with Crippen LogP contribution in [0.25, 0.3) is 11.0 Å². The van der Waals surface area contributed by atoms with Gasteiger partial charge in [-0.2, -0.15) is 0 Å². The van der Waals surface area contributed by atoms with Gasteiger partial charge in [-0.25, -0.2) is 4.98 Å². The van der Waals surface area contributed by atoms with Gasteiger partial charge in [0.2, 0.25) is 11.8 Å². The van der Waals surface area contributed by atoms with E-state index in [0.29, 0.717) is 11.6 Å². The molecule has 0 radical (unpaired) electrons. The fourth-order valence-corrected chi connectivity index (χ4v) is 3.07. The van der Waals surface area contributed by atoms with E-state index in [4.69, 9.17) is 4.74 Å². The molecule has 0 unspecified atom stereocenters. The molecule has 2 amide bonds. The lowest BCUT2D eigenvalue weighted by molar-refractivity contribution is -0.123. The predicted molar refractivity (Wildman–Crippen MR) is 107 cm³/mol. The molecule has 7 nitrogen and oxygen atoms in total. The molecule has 0 fully saturated rings. The molecule has 7 heteroatoms. The summed E-state index contributed by atoms with van der Waals surface area (Å²) >= 11 is 0. The minimum Gasteiger partial charge on any atom is -0.497 e. The molecule has 0 spiro atoms. The molecule has 0 aliphatic heterocycles. The predicted octanol–water partition coefficient (Wildman–Crippen LogP) is 3.02. The van der Waals surface area contributed by atoms with Crippen molar-refractivity contribution in [2.75, 3.05) is 7.11 Å². The van der Waals surface area contributed by atoms with Crippen molar-refractivity contribution in [2.24, 2.45) is 0 Å². The third-order valence-corrected chi connectivity index (χ3v) is 4.48. The zero-order valence-electron chi connectivity index (χ0n) is 16.2. The Morgan fingerprint density at radius 3 is 2.46 bits per heavy atom. The number of amides is 2. The first-order valence-corrected chi connectivity index (χ1v) is 9.11. The van der Waals surface area contributed by atoms with E-state index >= 15 is 0 Å². The number of ether oxygens (including phenoxy) is 1. The Morgan fingerprint density at radius 1 is 1.11 bits per heavy atom. The molecule has 1 aromatic heterocycles. The molecule has 0 bridgehead atoms. The zero-order chi connectivity index (χ0) is 20.1. The van der Waals surface area contributed by atoms with E-state index in [1.165, 1.54) is 6.92 Å². The normalized spacial score (nSPS) is 13.0. The van der Waals surface area contributed by atoms with Crippen molar-refractivity contribution in [3.63, 3.8) is 0 Å². The number of carbonyl (C=O) groups excluding carboxylic acids is 2. The maximum absolute atomic E-state index is 12.6. The van der Waals surface area contributed by atoms with Crippen molar-refractivity contribution in [3.8, 4) is 5.75 Å². The van der Waals surface area contributed by atoms with Crippen LogP contribution in [0.3, 0.4) is 0 Å². The Balaban J connectivity index is 1.69. The van der Waals surface area contributed by atoms with Crippen molar-refractivity contribution < 1.29 is 14.3 Å². The number of para-hydroxylation sites is 2. The number of carbonyl (C=O) groups is 2. The summed E-state index contributed by atoms with van der Waals surface area (Å²) in [6.45, 7) is 3.31. The maximum atomic E-state index is 12.6. The van der Waals surface area contributed by atoms with E-state index in [1.807, 2.05) is 43.3 Å². The summed E-state index contributed by atoms with van der Waals surface area (Å²) < 4.78 is 5.16. The maximum Gasteiger partial charge on any atom is 0.222 e. The SMILES string of the molecule is COc1ccc([C@H](CC(=O)N[C@H](C)c2nc3ccccc3[nH]2)NC(C)=O)cc1. The largest absolute Gasteiger partial charge is 0.497 e. The number of fused-ring (bicyclic) bond motifs is 1. The first-order valence-electron chi connectivity index (χ1n) is 9.11. The number of nitrogens with zero attached hydrogens (tertiary/aromatic N) is 1. The van der Waals surface area contributed by atoms with Crippen LogP contribution < -0.4 is 15.4 Å². The highest BCUT2D eigenvalue weighted by Gasteiger charge is 2.20. The van der Waals surface area contributed by atoms with Gasteiger partial charge in [0.05, 0.1) is 36.6 Å². The van der Waals surface area contributed by atoms with Gasteiger partial charge in [-0.15, -0.1) is 0 Å². The highest BCUT2D eigenvalue weighted by Crippen LogP contribution is 2.21. The molecule has 146 valence electrons. The van der Waals surface area contributed by atoms with E-state index < -0.39 is 6.04 Å². The van der Waals surface area contributed by atoms with Crippen LogP contribution >= 0.6 is 0 Å². The third kappa shape index (κ3) is 4.68. The van der Waals surface area contributed by atoms with E-state index in [1.54, 1.807) is 19.2 Å². The Hall–Kier alpha value is -3.35. The van der Waals surface area contributed by atoms with Gasteiger partial charge in [-0.3, -0.25) is 9.59 Å². The van der Waals surface area contributed by atoms with Crippen molar-refractivity contribution in [1.29, 1.82) is 0 Å². The van der Waals surface area contributed by atoms with E-state index in [2.05, 4.69) is 20.6 Å². The van der Waals surface area contributed by atoms with E-state index in [9.17, 15) is 9.59 Å². The Kier molecular flexibility index (Phi) is 5.93. The van der Waals surface area contributed by atoms with Crippen LogP contribution in [0.2, 0.25) is 0 Å². The van der Waals surface area contributed by atoms with Crippen LogP contribution in [0.15, 0.2) is 48.5 Å². The van der Waals surface area contributed by atoms with Crippen molar-refractivity contribution in [2.45, 2.75) is 32.4 Å². The monoisotopic (exact) mass is 380 g/mol. The highest BCUT2D eigenvalue weighted by atomic mass is 16.5. The number of imidazole rings is 1. The number of hydrogen-bond donors (Lipinski definition) is 3. The van der Waals surface area contributed by atoms with E-state index in [-0.39, 0.29) is 24.3 Å². The lowest BCUT2D eigenvalue weighted by atomic mass is 10.0. The van der Waals surface area contributed by atoms with Crippen LogP contribution in [0.5, 0.6) is 5.75 Å². The number of benzene rings is 2. The van der Waals surface area contributed by atoms with Gasteiger partial charge >= 0.3 is 0 Å². The van der Waals surface area contributed by atoms with Crippen molar-refractivity contribution in [3.05, 3.63) is 59.9 Å². The second-order valence-electron chi connectivity index (χ2n) is 6.66. The summed E-state index contributed by atoms with van der Waals surface area (Å²) in [6, 6.07) is 14.3. The van der Waals surface area contributed by atoms with Gasteiger partial charge in [0.15, 0.2) is 0 Å². The quantitative estimate of drug-likeness (QED) is 0.587.